The lowest BCUT2D eigenvalue weighted by atomic mass is 9.87. The summed E-state index contributed by atoms with van der Waals surface area (Å²) < 4.78 is 13.2. The van der Waals surface area contributed by atoms with Gasteiger partial charge in [-0.1, -0.05) is 36.9 Å². The largest absolute Gasteiger partial charge is 0.480 e. The quantitative estimate of drug-likeness (QED) is 0.891. The number of halogens is 2. The molecule has 0 saturated heterocycles. The van der Waals surface area contributed by atoms with Gasteiger partial charge in [-0.2, -0.15) is 0 Å². The van der Waals surface area contributed by atoms with E-state index in [0.717, 1.165) is 25.7 Å². The molecule has 0 spiro atoms. The van der Waals surface area contributed by atoms with Gasteiger partial charge in [0.2, 0.25) is 0 Å². The van der Waals surface area contributed by atoms with Crippen LogP contribution in [-0.4, -0.2) is 17.1 Å². The second-order valence-electron chi connectivity index (χ2n) is 5.54. The highest BCUT2D eigenvalue weighted by molar-refractivity contribution is 6.30. The number of rotatable bonds is 4. The lowest BCUT2D eigenvalue weighted by molar-refractivity contribution is -0.145. The third kappa shape index (κ3) is 3.13. The molecule has 0 aliphatic heterocycles. The summed E-state index contributed by atoms with van der Waals surface area (Å²) in [5, 5.41) is 12.7. The molecular weight excluding hydrogens is 281 g/mol. The van der Waals surface area contributed by atoms with Gasteiger partial charge >= 0.3 is 5.97 Å². The van der Waals surface area contributed by atoms with Crippen LogP contribution in [-0.2, 0) is 10.3 Å². The first kappa shape index (κ1) is 15.3. The van der Waals surface area contributed by atoms with Crippen LogP contribution in [0.4, 0.5) is 4.39 Å². The maximum absolute atomic E-state index is 13.2. The Labute approximate surface area is 123 Å². The van der Waals surface area contributed by atoms with Gasteiger partial charge in [0, 0.05) is 6.04 Å². The zero-order valence-corrected chi connectivity index (χ0v) is 12.2. The highest BCUT2D eigenvalue weighted by Crippen LogP contribution is 2.29. The van der Waals surface area contributed by atoms with Crippen molar-refractivity contribution >= 4 is 17.6 Å². The van der Waals surface area contributed by atoms with Crippen LogP contribution in [0.15, 0.2) is 18.2 Å². The zero-order chi connectivity index (χ0) is 14.8. The van der Waals surface area contributed by atoms with E-state index in [1.54, 1.807) is 6.92 Å². The lowest BCUT2D eigenvalue weighted by Gasteiger charge is -2.34. The van der Waals surface area contributed by atoms with Gasteiger partial charge in [-0.15, -0.1) is 0 Å². The number of nitrogens with one attached hydrogen (secondary N) is 1. The molecule has 0 heterocycles. The minimum absolute atomic E-state index is 0.0552. The molecule has 1 aromatic carbocycles. The molecule has 1 atom stereocenters. The summed E-state index contributed by atoms with van der Waals surface area (Å²) >= 11 is 5.77. The molecule has 3 nitrogen and oxygen atoms in total. The summed E-state index contributed by atoms with van der Waals surface area (Å²) in [7, 11) is 0. The Morgan fingerprint density at radius 3 is 2.60 bits per heavy atom. The molecule has 20 heavy (non-hydrogen) atoms. The molecule has 0 radical (unpaired) electrons. The second kappa shape index (κ2) is 6.10. The third-order valence-corrected chi connectivity index (χ3v) is 4.31. The van der Waals surface area contributed by atoms with Gasteiger partial charge in [-0.25, -0.2) is 9.18 Å². The molecule has 0 amide bonds. The van der Waals surface area contributed by atoms with Gasteiger partial charge in [-0.05, 0) is 37.5 Å². The van der Waals surface area contributed by atoms with Crippen molar-refractivity contribution in [2.24, 2.45) is 0 Å². The standard InChI is InChI=1S/C15H19ClFNO2/c1-15(14(19)20,18-11-5-3-2-4-6-11)10-7-8-13(17)12(16)9-10/h7-9,11,18H,2-6H2,1H3,(H,19,20). The first-order valence-corrected chi connectivity index (χ1v) is 7.28. The predicted octanol–water partition coefficient (Wildman–Crippen LogP) is 3.70. The minimum Gasteiger partial charge on any atom is -0.480 e. The average molecular weight is 300 g/mol. The zero-order valence-electron chi connectivity index (χ0n) is 11.5. The Morgan fingerprint density at radius 1 is 1.40 bits per heavy atom. The molecule has 1 fully saturated rings. The number of carboxylic acid groups (broad SMARTS) is 1. The molecule has 1 aliphatic carbocycles. The van der Waals surface area contributed by atoms with Gasteiger partial charge in [0.15, 0.2) is 0 Å². The van der Waals surface area contributed by atoms with Crippen molar-refractivity contribution in [3.05, 3.63) is 34.6 Å². The smallest absolute Gasteiger partial charge is 0.328 e. The molecule has 5 heteroatoms. The van der Waals surface area contributed by atoms with E-state index in [9.17, 15) is 14.3 Å². The van der Waals surface area contributed by atoms with Crippen molar-refractivity contribution in [1.82, 2.24) is 5.32 Å². The van der Waals surface area contributed by atoms with E-state index in [1.165, 1.54) is 24.6 Å². The van der Waals surface area contributed by atoms with Crippen LogP contribution in [0.25, 0.3) is 0 Å². The molecule has 2 N–H and O–H groups in total. The summed E-state index contributed by atoms with van der Waals surface area (Å²) in [6.45, 7) is 1.60. The molecule has 1 saturated carbocycles. The van der Waals surface area contributed by atoms with E-state index in [4.69, 9.17) is 11.6 Å². The van der Waals surface area contributed by atoms with Crippen molar-refractivity contribution in [2.75, 3.05) is 0 Å². The monoisotopic (exact) mass is 299 g/mol. The van der Waals surface area contributed by atoms with E-state index < -0.39 is 17.3 Å². The maximum atomic E-state index is 13.2. The van der Waals surface area contributed by atoms with Gasteiger partial charge in [0.05, 0.1) is 5.02 Å². The molecule has 1 aromatic rings. The van der Waals surface area contributed by atoms with Crippen LogP contribution < -0.4 is 5.32 Å². The summed E-state index contributed by atoms with van der Waals surface area (Å²) in [6, 6.07) is 4.25. The Balaban J connectivity index is 2.27. The van der Waals surface area contributed by atoms with E-state index in [0.29, 0.717) is 5.56 Å². The van der Waals surface area contributed by atoms with Crippen molar-refractivity contribution in [2.45, 2.75) is 50.6 Å². The van der Waals surface area contributed by atoms with E-state index in [-0.39, 0.29) is 11.1 Å². The molecule has 2 rings (SSSR count). The Bertz CT molecular complexity index is 503. The lowest BCUT2D eigenvalue weighted by Crippen LogP contribution is -2.51. The number of aliphatic carboxylic acids is 1. The van der Waals surface area contributed by atoms with Crippen molar-refractivity contribution in [1.29, 1.82) is 0 Å². The van der Waals surface area contributed by atoms with Crippen molar-refractivity contribution in [3.8, 4) is 0 Å². The second-order valence-corrected chi connectivity index (χ2v) is 5.95. The predicted molar refractivity (Wildman–Crippen MR) is 76.4 cm³/mol. The summed E-state index contributed by atoms with van der Waals surface area (Å²) in [5.74, 6) is -1.52. The normalized spacial score (nSPS) is 19.6. The highest BCUT2D eigenvalue weighted by Gasteiger charge is 2.37. The van der Waals surface area contributed by atoms with Gasteiger partial charge < -0.3 is 5.11 Å². The summed E-state index contributed by atoms with van der Waals surface area (Å²) in [4.78, 5) is 11.7. The average Bonchev–Trinajstić information content (AvgIpc) is 2.42. The van der Waals surface area contributed by atoms with Crippen LogP contribution in [0, 0.1) is 5.82 Å². The fraction of sp³-hybridized carbons (Fsp3) is 0.533. The van der Waals surface area contributed by atoms with Crippen LogP contribution in [0.1, 0.15) is 44.6 Å². The van der Waals surface area contributed by atoms with Crippen LogP contribution in [0.2, 0.25) is 5.02 Å². The van der Waals surface area contributed by atoms with Crippen LogP contribution in [0.5, 0.6) is 0 Å². The molecule has 110 valence electrons. The first-order chi connectivity index (χ1) is 9.43. The fourth-order valence-electron chi connectivity index (χ4n) is 2.73. The third-order valence-electron chi connectivity index (χ3n) is 4.02. The Hall–Kier alpha value is -1.13. The molecular formula is C15H19ClFNO2. The minimum atomic E-state index is -1.25. The summed E-state index contributed by atoms with van der Waals surface area (Å²) in [5.41, 5.74) is -0.777. The SMILES string of the molecule is CC(NC1CCCCC1)(C(=O)O)c1ccc(F)c(Cl)c1. The van der Waals surface area contributed by atoms with Crippen LogP contribution >= 0.6 is 11.6 Å². The first-order valence-electron chi connectivity index (χ1n) is 6.90. The number of carboxylic acids is 1. The number of hydrogen-bond acceptors (Lipinski definition) is 2. The van der Waals surface area contributed by atoms with E-state index in [2.05, 4.69) is 5.32 Å². The fourth-order valence-corrected chi connectivity index (χ4v) is 2.91. The summed E-state index contributed by atoms with van der Waals surface area (Å²) in [6.07, 6.45) is 5.36. The van der Waals surface area contributed by atoms with Crippen LogP contribution in [0.3, 0.4) is 0 Å². The van der Waals surface area contributed by atoms with Crippen molar-refractivity contribution in [3.63, 3.8) is 0 Å². The van der Waals surface area contributed by atoms with Gasteiger partial charge in [0.25, 0.3) is 0 Å². The van der Waals surface area contributed by atoms with E-state index in [1.807, 2.05) is 0 Å². The number of benzene rings is 1. The molecule has 0 bridgehead atoms. The topological polar surface area (TPSA) is 49.3 Å². The number of carbonyl (C=O) groups is 1. The molecule has 1 aliphatic rings. The molecule has 0 aromatic heterocycles. The van der Waals surface area contributed by atoms with Gasteiger partial charge in [0.1, 0.15) is 11.4 Å². The highest BCUT2D eigenvalue weighted by atomic mass is 35.5. The number of hydrogen-bond donors (Lipinski definition) is 2. The maximum Gasteiger partial charge on any atom is 0.328 e. The Kier molecular flexibility index (Phi) is 4.66. The van der Waals surface area contributed by atoms with Crippen molar-refractivity contribution < 1.29 is 14.3 Å². The van der Waals surface area contributed by atoms with E-state index >= 15 is 0 Å². The Morgan fingerprint density at radius 2 is 2.05 bits per heavy atom. The van der Waals surface area contributed by atoms with Gasteiger partial charge in [-0.3, -0.25) is 5.32 Å². The molecule has 1 unspecified atom stereocenters.